The zero-order valence-corrected chi connectivity index (χ0v) is 7.18. The molecule has 11 heavy (non-hydrogen) atoms. The molecule has 0 aromatic carbocycles. The molecule has 1 aliphatic rings. The third kappa shape index (κ3) is 3.70. The van der Waals surface area contributed by atoms with Gasteiger partial charge in [-0.25, -0.2) is 0 Å². The highest BCUT2D eigenvalue weighted by atomic mass is 16.5. The molecule has 0 bridgehead atoms. The molecule has 0 aliphatic heterocycles. The van der Waals surface area contributed by atoms with Gasteiger partial charge < -0.3 is 15.8 Å². The van der Waals surface area contributed by atoms with Crippen LogP contribution in [0.3, 0.4) is 0 Å². The van der Waals surface area contributed by atoms with Gasteiger partial charge in [-0.2, -0.15) is 0 Å². The Kier molecular flexibility index (Phi) is 3.83. The number of methoxy groups -OCH3 is 1. The summed E-state index contributed by atoms with van der Waals surface area (Å²) in [5.74, 6) is 0. The van der Waals surface area contributed by atoms with E-state index in [1.165, 1.54) is 12.8 Å². The standard InChI is InChI=1S/C8H18N2O/c1-11-8(6-9)4-5-10-7-2-3-7/h7-8,10H,2-6,9H2,1H3. The van der Waals surface area contributed by atoms with Crippen LogP contribution in [-0.4, -0.2) is 32.3 Å². The minimum atomic E-state index is 0.237. The molecule has 1 aliphatic carbocycles. The maximum Gasteiger partial charge on any atom is 0.0705 e. The fourth-order valence-corrected chi connectivity index (χ4v) is 1.07. The van der Waals surface area contributed by atoms with Gasteiger partial charge in [0.05, 0.1) is 6.10 Å². The smallest absolute Gasteiger partial charge is 0.0705 e. The van der Waals surface area contributed by atoms with Crippen molar-refractivity contribution in [3.63, 3.8) is 0 Å². The highest BCUT2D eigenvalue weighted by Crippen LogP contribution is 2.18. The van der Waals surface area contributed by atoms with Crippen molar-refractivity contribution in [1.29, 1.82) is 0 Å². The van der Waals surface area contributed by atoms with Gasteiger partial charge in [-0.15, -0.1) is 0 Å². The van der Waals surface area contributed by atoms with Gasteiger partial charge in [0.2, 0.25) is 0 Å². The van der Waals surface area contributed by atoms with Crippen LogP contribution in [0.15, 0.2) is 0 Å². The Morgan fingerprint density at radius 3 is 2.82 bits per heavy atom. The van der Waals surface area contributed by atoms with E-state index in [2.05, 4.69) is 5.32 Å². The van der Waals surface area contributed by atoms with Crippen molar-refractivity contribution >= 4 is 0 Å². The molecule has 1 saturated carbocycles. The molecular weight excluding hydrogens is 140 g/mol. The molecule has 1 rings (SSSR count). The molecule has 0 spiro atoms. The molecule has 0 amide bonds. The molecule has 0 aromatic heterocycles. The van der Waals surface area contributed by atoms with E-state index in [1.807, 2.05) is 0 Å². The van der Waals surface area contributed by atoms with Gasteiger partial charge >= 0.3 is 0 Å². The first-order chi connectivity index (χ1) is 5.36. The zero-order chi connectivity index (χ0) is 8.10. The van der Waals surface area contributed by atoms with Crippen LogP contribution in [0.5, 0.6) is 0 Å². The molecule has 0 radical (unpaired) electrons. The van der Waals surface area contributed by atoms with Crippen molar-refractivity contribution in [2.24, 2.45) is 5.73 Å². The number of nitrogens with two attached hydrogens (primary N) is 1. The van der Waals surface area contributed by atoms with E-state index in [0.29, 0.717) is 6.54 Å². The molecule has 3 heteroatoms. The monoisotopic (exact) mass is 158 g/mol. The highest BCUT2D eigenvalue weighted by molar-refractivity contribution is 4.80. The average Bonchev–Trinajstić information content (AvgIpc) is 2.82. The number of nitrogens with one attached hydrogen (secondary N) is 1. The van der Waals surface area contributed by atoms with E-state index in [9.17, 15) is 0 Å². The van der Waals surface area contributed by atoms with Crippen LogP contribution in [0, 0.1) is 0 Å². The van der Waals surface area contributed by atoms with Crippen molar-refractivity contribution in [1.82, 2.24) is 5.32 Å². The van der Waals surface area contributed by atoms with Crippen LogP contribution in [0.25, 0.3) is 0 Å². The third-order valence-electron chi connectivity index (χ3n) is 2.07. The highest BCUT2D eigenvalue weighted by Gasteiger charge is 2.20. The fraction of sp³-hybridized carbons (Fsp3) is 1.00. The predicted molar refractivity (Wildman–Crippen MR) is 45.5 cm³/mol. The summed E-state index contributed by atoms with van der Waals surface area (Å²) in [4.78, 5) is 0. The minimum absolute atomic E-state index is 0.237. The van der Waals surface area contributed by atoms with Crippen molar-refractivity contribution < 1.29 is 4.74 Å². The predicted octanol–water partition coefficient (Wildman–Crippen LogP) is 0.102. The summed E-state index contributed by atoms with van der Waals surface area (Å²) in [6.45, 7) is 1.67. The van der Waals surface area contributed by atoms with Crippen LogP contribution in [0.1, 0.15) is 19.3 Å². The van der Waals surface area contributed by atoms with Gasteiger partial charge in [-0.3, -0.25) is 0 Å². The number of hydrogen-bond donors (Lipinski definition) is 2. The van der Waals surface area contributed by atoms with Crippen LogP contribution in [0.4, 0.5) is 0 Å². The summed E-state index contributed by atoms with van der Waals surface area (Å²) < 4.78 is 5.14. The van der Waals surface area contributed by atoms with Gasteiger partial charge in [0.15, 0.2) is 0 Å². The Labute approximate surface area is 68.3 Å². The maximum atomic E-state index is 5.46. The first-order valence-electron chi connectivity index (χ1n) is 4.33. The van der Waals surface area contributed by atoms with Gasteiger partial charge in [0, 0.05) is 19.7 Å². The van der Waals surface area contributed by atoms with E-state index in [0.717, 1.165) is 19.0 Å². The molecular formula is C8H18N2O. The summed E-state index contributed by atoms with van der Waals surface area (Å²) in [5, 5.41) is 3.42. The zero-order valence-electron chi connectivity index (χ0n) is 7.18. The van der Waals surface area contributed by atoms with Gasteiger partial charge in [-0.05, 0) is 25.8 Å². The Morgan fingerprint density at radius 1 is 1.64 bits per heavy atom. The molecule has 66 valence electrons. The number of hydrogen-bond acceptors (Lipinski definition) is 3. The van der Waals surface area contributed by atoms with E-state index >= 15 is 0 Å². The largest absolute Gasteiger partial charge is 0.380 e. The quantitative estimate of drug-likeness (QED) is 0.576. The lowest BCUT2D eigenvalue weighted by atomic mass is 10.2. The summed E-state index contributed by atoms with van der Waals surface area (Å²) in [6, 6.07) is 0.797. The Balaban J connectivity index is 1.90. The van der Waals surface area contributed by atoms with Gasteiger partial charge in [-0.1, -0.05) is 0 Å². The molecule has 0 saturated heterocycles. The lowest BCUT2D eigenvalue weighted by molar-refractivity contribution is 0.102. The lowest BCUT2D eigenvalue weighted by Gasteiger charge is -2.12. The molecule has 3 nitrogen and oxygen atoms in total. The summed E-state index contributed by atoms with van der Waals surface area (Å²) in [6.07, 6.45) is 3.96. The Hall–Kier alpha value is -0.120. The molecule has 1 atom stereocenters. The van der Waals surface area contributed by atoms with E-state index in [1.54, 1.807) is 7.11 Å². The second kappa shape index (κ2) is 4.70. The summed E-state index contributed by atoms with van der Waals surface area (Å²) >= 11 is 0. The molecule has 1 unspecified atom stereocenters. The van der Waals surface area contributed by atoms with Gasteiger partial charge in [0.25, 0.3) is 0 Å². The molecule has 0 heterocycles. The van der Waals surface area contributed by atoms with E-state index in [-0.39, 0.29) is 6.10 Å². The molecule has 0 aromatic rings. The lowest BCUT2D eigenvalue weighted by Crippen LogP contribution is -2.28. The topological polar surface area (TPSA) is 47.3 Å². The SMILES string of the molecule is COC(CN)CCNC1CC1. The van der Waals surface area contributed by atoms with Crippen LogP contribution < -0.4 is 11.1 Å². The Bertz CT molecular complexity index is 100. The van der Waals surface area contributed by atoms with Gasteiger partial charge in [0.1, 0.15) is 0 Å². The summed E-state index contributed by atoms with van der Waals surface area (Å²) in [7, 11) is 1.72. The van der Waals surface area contributed by atoms with Crippen LogP contribution >= 0.6 is 0 Å². The molecule has 3 N–H and O–H groups in total. The van der Waals surface area contributed by atoms with Crippen molar-refractivity contribution in [3.05, 3.63) is 0 Å². The van der Waals surface area contributed by atoms with Crippen LogP contribution in [-0.2, 0) is 4.74 Å². The van der Waals surface area contributed by atoms with E-state index < -0.39 is 0 Å². The second-order valence-corrected chi connectivity index (χ2v) is 3.11. The number of rotatable bonds is 6. The van der Waals surface area contributed by atoms with Crippen molar-refractivity contribution in [3.8, 4) is 0 Å². The Morgan fingerprint density at radius 2 is 2.36 bits per heavy atom. The normalized spacial score (nSPS) is 20.2. The second-order valence-electron chi connectivity index (χ2n) is 3.11. The van der Waals surface area contributed by atoms with Crippen molar-refractivity contribution in [2.45, 2.75) is 31.4 Å². The van der Waals surface area contributed by atoms with Crippen LogP contribution in [0.2, 0.25) is 0 Å². The third-order valence-corrected chi connectivity index (χ3v) is 2.07. The summed E-state index contributed by atoms with van der Waals surface area (Å²) in [5.41, 5.74) is 5.46. The molecule has 1 fully saturated rings. The fourth-order valence-electron chi connectivity index (χ4n) is 1.07. The first kappa shape index (κ1) is 8.97. The van der Waals surface area contributed by atoms with E-state index in [4.69, 9.17) is 10.5 Å². The van der Waals surface area contributed by atoms with Crippen molar-refractivity contribution in [2.75, 3.05) is 20.2 Å². The first-order valence-corrected chi connectivity index (χ1v) is 4.33. The number of ether oxygens (including phenoxy) is 1. The average molecular weight is 158 g/mol. The maximum absolute atomic E-state index is 5.46. The minimum Gasteiger partial charge on any atom is -0.380 e.